The molecule has 0 aliphatic rings. The maximum absolute atomic E-state index is 13.9. The average molecular weight is 489 g/mol. The summed E-state index contributed by atoms with van der Waals surface area (Å²) in [7, 11) is -4.05. The highest BCUT2D eigenvalue weighted by Gasteiger charge is 2.33. The van der Waals surface area contributed by atoms with Crippen LogP contribution >= 0.6 is 7.82 Å². The molecule has 35 heavy (non-hydrogen) atoms. The fraction of sp³-hybridized carbons (Fsp3) is 0.267. The number of fused-ring (bicyclic) bond motifs is 1. The summed E-state index contributed by atoms with van der Waals surface area (Å²) in [6.45, 7) is 8.71. The van der Waals surface area contributed by atoms with Crippen LogP contribution in [-0.4, -0.2) is 0 Å². The Labute approximate surface area is 208 Å². The third-order valence-corrected chi connectivity index (χ3v) is 6.81. The Morgan fingerprint density at radius 2 is 1.00 bits per heavy atom. The average Bonchev–Trinajstić information content (AvgIpc) is 2.81. The number of hydrogen-bond donors (Lipinski definition) is 0. The van der Waals surface area contributed by atoms with Crippen LogP contribution in [-0.2, 0) is 17.4 Å². The standard InChI is InChI=1S/C30H33O4P/c1-22(2)19-24-9-14-28(15-10-24)32-35(31,33-29-16-11-25(12-17-29)20-23(3)4)34-30-18-13-26-7-5-6-8-27(26)21-30/h5-18,21-23H,19-20H2,1-4H3. The van der Waals surface area contributed by atoms with Crippen molar-refractivity contribution in [3.05, 3.63) is 102 Å². The van der Waals surface area contributed by atoms with E-state index in [2.05, 4.69) is 27.7 Å². The van der Waals surface area contributed by atoms with Crippen molar-refractivity contribution >= 4 is 18.6 Å². The summed E-state index contributed by atoms with van der Waals surface area (Å²) >= 11 is 0. The molecule has 0 amide bonds. The minimum Gasteiger partial charge on any atom is -0.386 e. The van der Waals surface area contributed by atoms with Gasteiger partial charge in [-0.2, -0.15) is 4.57 Å². The van der Waals surface area contributed by atoms with Gasteiger partial charge in [0.05, 0.1) is 0 Å². The molecule has 0 aliphatic carbocycles. The zero-order chi connectivity index (χ0) is 24.8. The Bertz CT molecular complexity index is 1230. The molecule has 0 atom stereocenters. The smallest absolute Gasteiger partial charge is 0.386 e. The fourth-order valence-corrected chi connectivity index (χ4v) is 5.23. The van der Waals surface area contributed by atoms with Gasteiger partial charge in [0.25, 0.3) is 0 Å². The van der Waals surface area contributed by atoms with E-state index in [0.29, 0.717) is 29.1 Å². The van der Waals surface area contributed by atoms with Crippen molar-refractivity contribution in [2.75, 3.05) is 0 Å². The third kappa shape index (κ3) is 7.13. The second kappa shape index (κ2) is 11.0. The second-order valence-electron chi connectivity index (χ2n) is 9.71. The van der Waals surface area contributed by atoms with Gasteiger partial charge in [0.2, 0.25) is 0 Å². The lowest BCUT2D eigenvalue weighted by Gasteiger charge is -2.20. The lowest BCUT2D eigenvalue weighted by Crippen LogP contribution is -2.08. The predicted octanol–water partition coefficient (Wildman–Crippen LogP) is 8.88. The fourth-order valence-electron chi connectivity index (χ4n) is 3.98. The molecule has 0 N–H and O–H groups in total. The van der Waals surface area contributed by atoms with Crippen LogP contribution in [0.25, 0.3) is 10.8 Å². The first-order valence-electron chi connectivity index (χ1n) is 12.1. The Morgan fingerprint density at radius 1 is 0.571 bits per heavy atom. The van der Waals surface area contributed by atoms with Gasteiger partial charge in [0, 0.05) is 0 Å². The first-order valence-corrected chi connectivity index (χ1v) is 13.6. The highest BCUT2D eigenvalue weighted by atomic mass is 31.2. The summed E-state index contributed by atoms with van der Waals surface area (Å²) in [5.74, 6) is 2.37. The SMILES string of the molecule is CC(C)Cc1ccc(OP(=O)(Oc2ccc(CC(C)C)cc2)Oc2ccc3ccccc3c2)cc1. The minimum absolute atomic E-state index is 0.417. The third-order valence-electron chi connectivity index (χ3n) is 5.51. The van der Waals surface area contributed by atoms with Gasteiger partial charge in [-0.25, -0.2) is 0 Å². The molecule has 5 heteroatoms. The van der Waals surface area contributed by atoms with Crippen LogP contribution in [0.15, 0.2) is 91.0 Å². The van der Waals surface area contributed by atoms with E-state index in [0.717, 1.165) is 23.6 Å². The molecule has 0 saturated carbocycles. The Morgan fingerprint density at radius 3 is 1.49 bits per heavy atom. The number of phosphoric acid groups is 1. The maximum Gasteiger partial charge on any atom is 0.647 e. The number of benzene rings is 4. The first kappa shape index (κ1) is 24.9. The normalized spacial score (nSPS) is 11.7. The summed E-state index contributed by atoms with van der Waals surface area (Å²) in [5, 5.41) is 2.05. The molecule has 0 heterocycles. The van der Waals surface area contributed by atoms with Gasteiger partial charge in [-0.3, -0.25) is 0 Å². The van der Waals surface area contributed by atoms with Crippen molar-refractivity contribution in [2.45, 2.75) is 40.5 Å². The zero-order valence-corrected chi connectivity index (χ0v) is 21.7. The highest BCUT2D eigenvalue weighted by molar-refractivity contribution is 7.49. The molecule has 4 aromatic rings. The van der Waals surface area contributed by atoms with Gasteiger partial charge in [0.15, 0.2) is 0 Å². The minimum atomic E-state index is -4.05. The summed E-state index contributed by atoms with van der Waals surface area (Å²) in [4.78, 5) is 0. The Balaban J connectivity index is 1.60. The highest BCUT2D eigenvalue weighted by Crippen LogP contribution is 2.50. The molecular weight excluding hydrogens is 455 g/mol. The summed E-state index contributed by atoms with van der Waals surface area (Å²) in [6, 6.07) is 28.6. The van der Waals surface area contributed by atoms with E-state index < -0.39 is 7.82 Å². The number of rotatable bonds is 10. The van der Waals surface area contributed by atoms with Crippen molar-refractivity contribution < 1.29 is 18.1 Å². The second-order valence-corrected chi connectivity index (χ2v) is 11.2. The van der Waals surface area contributed by atoms with E-state index in [-0.39, 0.29) is 0 Å². The van der Waals surface area contributed by atoms with Gasteiger partial charge in [0.1, 0.15) is 17.2 Å². The van der Waals surface area contributed by atoms with E-state index in [4.69, 9.17) is 13.6 Å². The zero-order valence-electron chi connectivity index (χ0n) is 20.8. The van der Waals surface area contributed by atoms with E-state index >= 15 is 0 Å². The van der Waals surface area contributed by atoms with Crippen LogP contribution < -0.4 is 13.6 Å². The van der Waals surface area contributed by atoms with Crippen LogP contribution in [0.2, 0.25) is 0 Å². The lowest BCUT2D eigenvalue weighted by molar-refractivity contribution is 0.298. The summed E-state index contributed by atoms with van der Waals surface area (Å²) in [5.41, 5.74) is 2.39. The molecule has 0 saturated heterocycles. The maximum atomic E-state index is 13.9. The van der Waals surface area contributed by atoms with Gasteiger partial charge in [-0.1, -0.05) is 82.3 Å². The van der Waals surface area contributed by atoms with Crippen molar-refractivity contribution in [1.29, 1.82) is 0 Å². The van der Waals surface area contributed by atoms with Crippen molar-refractivity contribution in [3.8, 4) is 17.2 Å². The summed E-state index contributed by atoms with van der Waals surface area (Å²) in [6.07, 6.45) is 1.93. The largest absolute Gasteiger partial charge is 0.647 e. The van der Waals surface area contributed by atoms with E-state index in [1.807, 2.05) is 84.9 Å². The van der Waals surface area contributed by atoms with E-state index in [9.17, 15) is 4.57 Å². The monoisotopic (exact) mass is 488 g/mol. The van der Waals surface area contributed by atoms with Gasteiger partial charge >= 0.3 is 7.82 Å². The molecule has 0 fully saturated rings. The van der Waals surface area contributed by atoms with Gasteiger partial charge < -0.3 is 13.6 Å². The predicted molar refractivity (Wildman–Crippen MR) is 143 cm³/mol. The molecule has 0 radical (unpaired) electrons. The van der Waals surface area contributed by atoms with Crippen molar-refractivity contribution in [3.63, 3.8) is 0 Å². The molecule has 0 unspecified atom stereocenters. The first-order chi connectivity index (χ1) is 16.8. The molecule has 0 bridgehead atoms. The van der Waals surface area contributed by atoms with E-state index in [1.165, 1.54) is 11.1 Å². The lowest BCUT2D eigenvalue weighted by atomic mass is 10.0. The molecular formula is C30H33O4P. The number of phosphoric ester groups is 1. The molecule has 0 aliphatic heterocycles. The van der Waals surface area contributed by atoms with Crippen molar-refractivity contribution in [1.82, 2.24) is 0 Å². The molecule has 4 rings (SSSR count). The van der Waals surface area contributed by atoms with Crippen LogP contribution in [0.3, 0.4) is 0 Å². The van der Waals surface area contributed by atoms with Gasteiger partial charge in [-0.15, -0.1) is 0 Å². The topological polar surface area (TPSA) is 44.8 Å². The molecule has 0 spiro atoms. The Hall–Kier alpha value is -3.23. The molecule has 182 valence electrons. The number of hydrogen-bond acceptors (Lipinski definition) is 4. The summed E-state index contributed by atoms with van der Waals surface area (Å²) < 4.78 is 31.6. The van der Waals surface area contributed by atoms with Crippen LogP contribution in [0, 0.1) is 11.8 Å². The molecule has 4 nitrogen and oxygen atoms in total. The molecule has 0 aromatic heterocycles. The quantitative estimate of drug-likeness (QED) is 0.209. The van der Waals surface area contributed by atoms with Crippen LogP contribution in [0.1, 0.15) is 38.8 Å². The Kier molecular flexibility index (Phi) is 7.83. The van der Waals surface area contributed by atoms with Crippen molar-refractivity contribution in [2.24, 2.45) is 11.8 Å². The molecule has 4 aromatic carbocycles. The van der Waals surface area contributed by atoms with Crippen LogP contribution in [0.5, 0.6) is 17.2 Å². The van der Waals surface area contributed by atoms with E-state index in [1.54, 1.807) is 6.07 Å². The van der Waals surface area contributed by atoms with Gasteiger partial charge in [-0.05, 0) is 83.0 Å². The van der Waals surface area contributed by atoms with Crippen LogP contribution in [0.4, 0.5) is 0 Å².